The fraction of sp³-hybridized carbons (Fsp3) is 0.560. The number of anilines is 5. The van der Waals surface area contributed by atoms with Gasteiger partial charge in [-0.2, -0.15) is 5.10 Å². The Bertz CT molecular complexity index is 4890. The molecular formula is C84H113N17O17PS+. The molecule has 34 nitrogen and oxygen atoms in total. The van der Waals surface area contributed by atoms with Crippen LogP contribution in [0.15, 0.2) is 72.9 Å². The van der Waals surface area contributed by atoms with Crippen molar-refractivity contribution in [3.63, 3.8) is 0 Å². The Morgan fingerprint density at radius 2 is 1.54 bits per heavy atom. The molecule has 1 saturated heterocycles. The summed E-state index contributed by atoms with van der Waals surface area (Å²) in [5.41, 5.74) is 11.0. The number of nitrogens with two attached hydrogens (primary N) is 1. The number of hydrogen-bond donors (Lipinski definition) is 9. The second-order valence-corrected chi connectivity index (χ2v) is 37.1. The third kappa shape index (κ3) is 20.7. The van der Waals surface area contributed by atoms with Crippen molar-refractivity contribution in [2.45, 2.75) is 195 Å². The molecule has 7 aliphatic rings. The summed E-state index contributed by atoms with van der Waals surface area (Å²) < 4.78 is 40.6. The normalized spacial score (nSPS) is 20.9. The van der Waals surface area contributed by atoms with E-state index in [0.717, 1.165) is 121 Å². The largest absolute Gasteiger partial charge is 0.480 e. The number of rotatable bonds is 43. The number of quaternary nitrogens is 1. The first-order valence-corrected chi connectivity index (χ1v) is 44.0. The van der Waals surface area contributed by atoms with Crippen LogP contribution in [0.5, 0.6) is 0 Å². The predicted molar refractivity (Wildman–Crippen MR) is 448 cm³/mol. The standard InChI is InChI=1S/C84H112N17O17PS/c1-10-117-119(114,118-11-2)40-18-23-66(102)89-63(77(109)110)42-70(106)97(9)44-56-41-57(88-75(107)62(21-16-31-86-79(85)113)90-76(108)71(52(3)4)93-67(103)30-37-115-38-33-99-68(104)28-29-69(99)105)25-24-55(56)45-101(34-14-15-35-101)36-39-116-84-48-81(7)46-82(8,49-84)83(47-81,50-84)51-100-54(6)60(43-87-100)59-26-27-65(92-72(59)78(111)112)98-32-17-19-58-53(5)73(95-96-74(58)98)94-80-91-61-20-12-13-22-64(61)120-80/h12-13,20,22,24-29,41,43,52,62-63,71H,10-11,14-19,21,23,30-40,42,44-51H2,1-9H3,(H9-,85,86,88,89,90,91,93,94,95,102,103,107,108,109,110,111,112,113)/p+1/t62-,63-,71-,81?,82?,83?,84?/m0/s1. The van der Waals surface area contributed by atoms with Crippen LogP contribution in [0, 0.1) is 36.0 Å². The van der Waals surface area contributed by atoms with Gasteiger partial charge in [-0.25, -0.2) is 24.4 Å². The summed E-state index contributed by atoms with van der Waals surface area (Å²) in [6.07, 6.45) is 11.2. The first kappa shape index (κ1) is 89.1. The van der Waals surface area contributed by atoms with E-state index in [1.54, 1.807) is 46.0 Å². The number of nitrogens with one attached hydrogen (secondary N) is 6. The number of hydrogen-bond acceptors (Lipinski definition) is 23. The maximum Gasteiger partial charge on any atom is 0.355 e. The zero-order valence-corrected chi connectivity index (χ0v) is 71.6. The monoisotopic (exact) mass is 1690 g/mol. The summed E-state index contributed by atoms with van der Waals surface area (Å²) in [6, 6.07) is 12.2. The Hall–Kier alpha value is -10.2. The Labute approximate surface area is 701 Å². The average Bonchev–Trinajstić information content (AvgIpc) is 1.50. The molecule has 4 unspecified atom stereocenters. The molecule has 10 N–H and O–H groups in total. The van der Waals surface area contributed by atoms with Crippen LogP contribution in [0.1, 0.15) is 170 Å². The van der Waals surface area contributed by atoms with Gasteiger partial charge in [-0.3, -0.25) is 47.7 Å². The highest BCUT2D eigenvalue weighted by Gasteiger charge is 2.74. The predicted octanol–water partition coefficient (Wildman–Crippen LogP) is 9.35. The number of benzene rings is 2. The number of nitrogens with zero attached hydrogens (tertiary/aromatic N) is 10. The molecule has 4 bridgehead atoms. The molecule has 4 saturated carbocycles. The number of urea groups is 1. The van der Waals surface area contributed by atoms with E-state index < -0.39 is 103 Å². The average molecular weight is 1700 g/mol. The maximum absolute atomic E-state index is 14.7. The number of pyridine rings is 1. The van der Waals surface area contributed by atoms with Gasteiger partial charge in [0, 0.05) is 110 Å². The van der Waals surface area contributed by atoms with E-state index in [9.17, 15) is 62.7 Å². The van der Waals surface area contributed by atoms with Gasteiger partial charge in [-0.05, 0) is 156 Å². The highest BCUT2D eigenvalue weighted by molar-refractivity contribution is 7.53. The lowest BCUT2D eigenvalue weighted by molar-refractivity contribution is -0.930. The molecule has 9 amide bonds. The van der Waals surface area contributed by atoms with Gasteiger partial charge >= 0.3 is 25.6 Å². The number of amides is 9. The van der Waals surface area contributed by atoms with E-state index >= 15 is 0 Å². The van der Waals surface area contributed by atoms with Gasteiger partial charge in [-0.15, -0.1) is 10.2 Å². The number of carbonyl (C=O) groups is 10. The summed E-state index contributed by atoms with van der Waals surface area (Å²) in [5.74, 6) is -5.47. The number of primary amides is 1. The molecule has 7 atom stereocenters. The Balaban J connectivity index is 0.744. The van der Waals surface area contributed by atoms with Gasteiger partial charge in [0.2, 0.25) is 29.5 Å². The van der Waals surface area contributed by atoms with Crippen molar-refractivity contribution in [2.75, 3.05) is 101 Å². The number of aromatic carboxylic acids is 1. The second kappa shape index (κ2) is 37.9. The highest BCUT2D eigenvalue weighted by atomic mass is 32.1. The molecule has 0 spiro atoms. The van der Waals surface area contributed by atoms with Crippen LogP contribution in [0.3, 0.4) is 0 Å². The van der Waals surface area contributed by atoms with Crippen molar-refractivity contribution >= 4 is 117 Å². The van der Waals surface area contributed by atoms with Crippen LogP contribution in [0.25, 0.3) is 21.3 Å². The fourth-order valence-corrected chi connectivity index (χ4v) is 21.8. The van der Waals surface area contributed by atoms with Crippen LogP contribution < -0.4 is 42.5 Å². The quantitative estimate of drug-likeness (QED) is 0.00744. The molecule has 7 heterocycles. The number of carboxylic acids is 2. The fourth-order valence-electron chi connectivity index (χ4n) is 19.3. The minimum absolute atomic E-state index is 0.00733. The molecular weight excluding hydrogens is 1580 g/mol. The van der Waals surface area contributed by atoms with Crippen molar-refractivity contribution in [3.8, 4) is 11.1 Å². The minimum atomic E-state index is -3.50. The number of ether oxygens (including phenoxy) is 2. The van der Waals surface area contributed by atoms with E-state index in [1.807, 2.05) is 61.2 Å². The topological polar surface area (TPSA) is 442 Å². The molecule has 13 rings (SSSR count). The number of aromatic nitrogens is 6. The summed E-state index contributed by atoms with van der Waals surface area (Å²) in [4.78, 5) is 146. The minimum Gasteiger partial charge on any atom is -0.480 e. The summed E-state index contributed by atoms with van der Waals surface area (Å²) in [7, 11) is -1.98. The van der Waals surface area contributed by atoms with Crippen molar-refractivity contribution in [1.29, 1.82) is 0 Å². The molecule has 4 aliphatic carbocycles. The lowest BCUT2D eigenvalue weighted by Gasteiger charge is -2.47. The molecule has 120 heavy (non-hydrogen) atoms. The first-order chi connectivity index (χ1) is 57.2. The van der Waals surface area contributed by atoms with Crippen LogP contribution in [-0.2, 0) is 87.5 Å². The van der Waals surface area contributed by atoms with Crippen LogP contribution in [0.4, 0.5) is 33.1 Å². The van der Waals surface area contributed by atoms with Gasteiger partial charge in [-0.1, -0.05) is 57.2 Å². The van der Waals surface area contributed by atoms with Crippen molar-refractivity contribution < 1.29 is 85.7 Å². The SMILES string of the molecule is CCOP(=O)(CCCC(=O)N[C@@H](CC(=O)N(C)Cc1cc(NC(=O)[C@H](CCCNC(N)=O)NC(=O)[C@@H](NC(=O)CCOCCN2C(=O)C=CC2=O)C(C)C)ccc1C[N+]1(CCOC23CC4(C)CC(C)(C2)C(Cn2ncc(-c5ccc(N6CCCc7c6nnc(Nc6nc8ccccc8s6)c7C)nc5C(=O)O)c2C)(C4)C3)CCCC1)C(=O)O)OCC. The Morgan fingerprint density at radius 1 is 0.800 bits per heavy atom. The number of para-hydroxylation sites is 1. The van der Waals surface area contributed by atoms with Crippen LogP contribution in [-0.4, -0.2) is 223 Å². The second-order valence-electron chi connectivity index (χ2n) is 33.9. The lowest BCUT2D eigenvalue weighted by Crippen LogP contribution is -2.54. The van der Waals surface area contributed by atoms with Crippen LogP contribution >= 0.6 is 18.9 Å². The smallest absolute Gasteiger partial charge is 0.355 e. The van der Waals surface area contributed by atoms with Crippen molar-refractivity contribution in [3.05, 3.63) is 107 Å². The number of fused-ring (bicyclic) bond motifs is 2. The van der Waals surface area contributed by atoms with E-state index in [2.05, 4.69) is 55.5 Å². The maximum atomic E-state index is 14.7. The van der Waals surface area contributed by atoms with Crippen molar-refractivity contribution in [1.82, 2.24) is 61.0 Å². The zero-order valence-electron chi connectivity index (χ0n) is 69.9. The number of aliphatic carboxylic acids is 1. The Morgan fingerprint density at radius 3 is 2.25 bits per heavy atom. The summed E-state index contributed by atoms with van der Waals surface area (Å²) >= 11 is 1.54. The van der Waals surface area contributed by atoms with E-state index in [1.165, 1.54) is 23.3 Å². The number of imide groups is 1. The van der Waals surface area contributed by atoms with E-state index in [4.69, 9.17) is 44.4 Å². The molecule has 0 radical (unpaired) electrons. The molecule has 3 aliphatic heterocycles. The molecule has 36 heteroatoms. The molecule has 2 aromatic carbocycles. The third-order valence-corrected chi connectivity index (χ3v) is 27.7. The summed E-state index contributed by atoms with van der Waals surface area (Å²) in [5, 5.41) is 53.3. The molecule has 5 fully saturated rings. The van der Waals surface area contributed by atoms with E-state index in [0.29, 0.717) is 82.2 Å². The van der Waals surface area contributed by atoms with Gasteiger partial charge in [0.1, 0.15) is 37.0 Å². The number of likely N-dealkylation sites (tertiary alicyclic amines) is 1. The Kier molecular flexibility index (Phi) is 28.1. The first-order valence-electron chi connectivity index (χ1n) is 41.5. The highest BCUT2D eigenvalue weighted by Crippen LogP contribution is 2.78. The number of carboxylic acid groups (broad SMARTS) is 2. The van der Waals surface area contributed by atoms with Gasteiger partial charge in [0.25, 0.3) is 11.8 Å². The number of thiazole rings is 1. The molecule has 646 valence electrons. The van der Waals surface area contributed by atoms with Gasteiger partial charge < -0.3 is 80.7 Å². The van der Waals surface area contributed by atoms with E-state index in [-0.39, 0.29) is 106 Å². The third-order valence-electron chi connectivity index (χ3n) is 24.6. The molecule has 4 aromatic heterocycles. The lowest BCUT2D eigenvalue weighted by atomic mass is 9.65. The number of carbonyl (C=O) groups excluding carboxylic acids is 8. The molecule has 6 aromatic rings. The van der Waals surface area contributed by atoms with Gasteiger partial charge in [0.15, 0.2) is 22.5 Å². The summed E-state index contributed by atoms with van der Waals surface area (Å²) in [6.45, 7) is 20.1. The van der Waals surface area contributed by atoms with Crippen molar-refractivity contribution in [2.24, 2.45) is 27.9 Å². The van der Waals surface area contributed by atoms with Gasteiger partial charge in [0.05, 0.1) is 87.3 Å². The zero-order chi connectivity index (χ0) is 86.1. The van der Waals surface area contributed by atoms with Crippen LogP contribution in [0.2, 0.25) is 0 Å².